The topological polar surface area (TPSA) is 80.8 Å². The van der Waals surface area contributed by atoms with Crippen molar-refractivity contribution in [1.82, 2.24) is 4.31 Å². The van der Waals surface area contributed by atoms with Crippen LogP contribution >= 0.6 is 0 Å². The van der Waals surface area contributed by atoms with Gasteiger partial charge in [-0.15, -0.1) is 0 Å². The summed E-state index contributed by atoms with van der Waals surface area (Å²) >= 11 is 0. The molecular formula is C21H21NO5S. The van der Waals surface area contributed by atoms with Gasteiger partial charge >= 0.3 is 5.97 Å². The quantitative estimate of drug-likeness (QED) is 0.735. The van der Waals surface area contributed by atoms with Crippen molar-refractivity contribution in [2.24, 2.45) is 0 Å². The molecule has 0 fully saturated rings. The molecule has 1 heterocycles. The average molecular weight is 399 g/mol. The minimum Gasteiger partial charge on any atom is -0.420 e. The Balaban J connectivity index is 2.21. The maximum absolute atomic E-state index is 13.1. The maximum Gasteiger partial charge on any atom is 0.343 e. The lowest BCUT2D eigenvalue weighted by atomic mass is 10.1. The van der Waals surface area contributed by atoms with E-state index in [1.54, 1.807) is 50.2 Å². The van der Waals surface area contributed by atoms with Crippen LogP contribution in [-0.2, 0) is 19.6 Å². The van der Waals surface area contributed by atoms with E-state index < -0.39 is 27.8 Å². The highest BCUT2D eigenvalue weighted by Gasteiger charge is 2.41. The monoisotopic (exact) mass is 399 g/mol. The molecule has 0 amide bonds. The molecule has 2 aromatic rings. The lowest BCUT2D eigenvalue weighted by Gasteiger charge is -2.34. The molecule has 0 unspecified atom stereocenters. The molecular weight excluding hydrogens is 378 g/mol. The van der Waals surface area contributed by atoms with Gasteiger partial charge in [0.1, 0.15) is 5.70 Å². The van der Waals surface area contributed by atoms with Crippen molar-refractivity contribution < 1.29 is 22.7 Å². The number of allylic oxidation sites excluding steroid dienone is 1. The Kier molecular flexibility index (Phi) is 5.12. The molecule has 2 aromatic carbocycles. The highest BCUT2D eigenvalue weighted by molar-refractivity contribution is 7.89. The van der Waals surface area contributed by atoms with Gasteiger partial charge in [-0.3, -0.25) is 9.10 Å². The highest BCUT2D eigenvalue weighted by atomic mass is 32.2. The number of ether oxygens (including phenoxy) is 1. The minimum atomic E-state index is -3.95. The Hall–Kier alpha value is -2.93. The first-order valence-electron chi connectivity index (χ1n) is 8.82. The van der Waals surface area contributed by atoms with Gasteiger partial charge in [0.25, 0.3) is 10.0 Å². The molecule has 0 radical (unpaired) electrons. The molecule has 28 heavy (non-hydrogen) atoms. The Morgan fingerprint density at radius 3 is 2.18 bits per heavy atom. The maximum atomic E-state index is 13.1. The van der Waals surface area contributed by atoms with E-state index in [1.165, 1.54) is 19.1 Å². The second kappa shape index (κ2) is 7.24. The van der Waals surface area contributed by atoms with E-state index in [0.29, 0.717) is 5.56 Å². The number of carbonyl (C=O) groups is 2. The Labute approximate surface area is 164 Å². The summed E-state index contributed by atoms with van der Waals surface area (Å²) in [5.41, 5.74) is 1.35. The highest BCUT2D eigenvalue weighted by Crippen LogP contribution is 2.39. The summed E-state index contributed by atoms with van der Waals surface area (Å²) in [6.45, 7) is 6.48. The third kappa shape index (κ3) is 3.33. The van der Waals surface area contributed by atoms with Crippen molar-refractivity contribution in [3.8, 4) is 0 Å². The fourth-order valence-electron chi connectivity index (χ4n) is 3.13. The molecule has 0 bridgehead atoms. The summed E-state index contributed by atoms with van der Waals surface area (Å²) in [4.78, 5) is 25.1. The Bertz CT molecular complexity index is 1080. The standard InChI is InChI=1S/C21H21NO5S/c1-13(2)22-19(15(4)23)20(17-7-5-6-8-18(17)28(22,25)26)27-21(24)16-11-9-14(3)10-12-16/h5-13H,1-4H3. The van der Waals surface area contributed by atoms with Crippen molar-refractivity contribution in [1.29, 1.82) is 0 Å². The molecule has 3 rings (SSSR count). The largest absolute Gasteiger partial charge is 0.420 e. The zero-order valence-corrected chi connectivity index (χ0v) is 16.9. The molecule has 0 spiro atoms. The fraction of sp³-hybridized carbons (Fsp3) is 0.238. The molecule has 0 aliphatic carbocycles. The van der Waals surface area contributed by atoms with Crippen molar-refractivity contribution in [3.05, 3.63) is 70.9 Å². The van der Waals surface area contributed by atoms with Gasteiger partial charge < -0.3 is 4.74 Å². The van der Waals surface area contributed by atoms with Crippen LogP contribution in [0.25, 0.3) is 5.76 Å². The molecule has 146 valence electrons. The van der Waals surface area contributed by atoms with Gasteiger partial charge in [-0.25, -0.2) is 13.2 Å². The number of ketones is 1. The van der Waals surface area contributed by atoms with Gasteiger partial charge in [-0.05, 0) is 45.0 Å². The molecule has 0 saturated carbocycles. The van der Waals surface area contributed by atoms with Crippen LogP contribution < -0.4 is 0 Å². The van der Waals surface area contributed by atoms with E-state index in [9.17, 15) is 18.0 Å². The van der Waals surface area contributed by atoms with Crippen LogP contribution in [0.1, 0.15) is 42.3 Å². The van der Waals surface area contributed by atoms with Crippen LogP contribution in [0.5, 0.6) is 0 Å². The van der Waals surface area contributed by atoms with Gasteiger partial charge in [0.15, 0.2) is 11.5 Å². The van der Waals surface area contributed by atoms with E-state index in [4.69, 9.17) is 4.74 Å². The van der Waals surface area contributed by atoms with E-state index in [2.05, 4.69) is 0 Å². The number of benzene rings is 2. The van der Waals surface area contributed by atoms with Crippen molar-refractivity contribution in [3.63, 3.8) is 0 Å². The number of esters is 1. The number of nitrogens with zero attached hydrogens (tertiary/aromatic N) is 1. The molecule has 0 N–H and O–H groups in total. The third-order valence-corrected chi connectivity index (χ3v) is 6.42. The first kappa shape index (κ1) is 19.8. The molecule has 0 atom stereocenters. The third-order valence-electron chi connectivity index (χ3n) is 4.39. The predicted molar refractivity (Wildman–Crippen MR) is 105 cm³/mol. The minimum absolute atomic E-state index is 0.000376. The summed E-state index contributed by atoms with van der Waals surface area (Å²) in [5.74, 6) is -1.21. The van der Waals surface area contributed by atoms with Crippen molar-refractivity contribution in [2.75, 3.05) is 0 Å². The molecule has 1 aliphatic heterocycles. The van der Waals surface area contributed by atoms with Gasteiger partial charge in [0.05, 0.1) is 10.5 Å². The number of hydrogen-bond donors (Lipinski definition) is 0. The average Bonchev–Trinajstić information content (AvgIpc) is 2.63. The molecule has 1 aliphatic rings. The van der Waals surface area contributed by atoms with Crippen LogP contribution in [0.2, 0.25) is 0 Å². The lowest BCUT2D eigenvalue weighted by molar-refractivity contribution is -0.114. The second-order valence-corrected chi connectivity index (χ2v) is 8.66. The number of rotatable bonds is 4. The zero-order chi connectivity index (χ0) is 20.6. The van der Waals surface area contributed by atoms with Gasteiger partial charge in [0.2, 0.25) is 0 Å². The summed E-state index contributed by atoms with van der Waals surface area (Å²) in [6, 6.07) is 12.5. The van der Waals surface area contributed by atoms with Gasteiger partial charge in [0, 0.05) is 18.5 Å². The van der Waals surface area contributed by atoms with E-state index in [-0.39, 0.29) is 21.9 Å². The van der Waals surface area contributed by atoms with Crippen LogP contribution in [0.3, 0.4) is 0 Å². The van der Waals surface area contributed by atoms with Gasteiger partial charge in [-0.2, -0.15) is 0 Å². The Morgan fingerprint density at radius 1 is 1.00 bits per heavy atom. The van der Waals surface area contributed by atoms with Crippen molar-refractivity contribution >= 4 is 27.5 Å². The lowest BCUT2D eigenvalue weighted by Crippen LogP contribution is -2.42. The van der Waals surface area contributed by atoms with Gasteiger partial charge in [-0.1, -0.05) is 29.8 Å². The predicted octanol–water partition coefficient (Wildman–Crippen LogP) is 3.52. The summed E-state index contributed by atoms with van der Waals surface area (Å²) < 4.78 is 32.8. The number of carbonyl (C=O) groups excluding carboxylic acids is 2. The zero-order valence-electron chi connectivity index (χ0n) is 16.1. The molecule has 0 aromatic heterocycles. The number of sulfonamides is 1. The normalized spacial score (nSPS) is 15.4. The fourth-order valence-corrected chi connectivity index (χ4v) is 5.04. The van der Waals surface area contributed by atoms with Crippen LogP contribution in [0.4, 0.5) is 0 Å². The van der Waals surface area contributed by atoms with E-state index >= 15 is 0 Å². The van der Waals surface area contributed by atoms with E-state index in [0.717, 1.165) is 9.87 Å². The number of Topliss-reactive ketones (excluding diaryl/α,β-unsaturated/α-hetero) is 1. The SMILES string of the molecule is CC(=O)C1=C(OC(=O)c2ccc(C)cc2)c2ccccc2S(=O)(=O)N1C(C)C. The van der Waals surface area contributed by atoms with Crippen LogP contribution in [-0.4, -0.2) is 30.5 Å². The second-order valence-electron chi connectivity index (χ2n) is 6.88. The Morgan fingerprint density at radius 2 is 1.61 bits per heavy atom. The van der Waals surface area contributed by atoms with Crippen molar-refractivity contribution in [2.45, 2.75) is 38.6 Å². The first-order chi connectivity index (χ1) is 13.1. The number of hydrogen-bond acceptors (Lipinski definition) is 5. The van der Waals surface area contributed by atoms with E-state index in [1.807, 2.05) is 6.92 Å². The summed E-state index contributed by atoms with van der Waals surface area (Å²) in [7, 11) is -3.95. The van der Waals surface area contributed by atoms with Crippen LogP contribution in [0, 0.1) is 6.92 Å². The molecule has 6 nitrogen and oxygen atoms in total. The number of aryl methyl sites for hydroxylation is 1. The van der Waals surface area contributed by atoms with Crippen LogP contribution in [0.15, 0.2) is 59.1 Å². The smallest absolute Gasteiger partial charge is 0.343 e. The number of fused-ring (bicyclic) bond motifs is 1. The summed E-state index contributed by atoms with van der Waals surface area (Å²) in [6.07, 6.45) is 0. The summed E-state index contributed by atoms with van der Waals surface area (Å²) in [5, 5.41) is 0. The molecule has 7 heteroatoms. The first-order valence-corrected chi connectivity index (χ1v) is 10.3. The molecule has 0 saturated heterocycles.